The van der Waals surface area contributed by atoms with Crippen molar-refractivity contribution in [3.63, 3.8) is 0 Å². The van der Waals surface area contributed by atoms with Gasteiger partial charge in [-0.25, -0.2) is 0 Å². The van der Waals surface area contributed by atoms with E-state index in [4.69, 9.17) is 4.42 Å². The molecule has 136 valence electrons. The van der Waals surface area contributed by atoms with Crippen molar-refractivity contribution in [2.75, 3.05) is 6.54 Å². The normalized spacial score (nSPS) is 18.1. The molecule has 1 amide bonds. The van der Waals surface area contributed by atoms with Gasteiger partial charge in [0.15, 0.2) is 11.5 Å². The van der Waals surface area contributed by atoms with E-state index in [-0.39, 0.29) is 11.9 Å². The number of rotatable bonds is 3. The van der Waals surface area contributed by atoms with Crippen molar-refractivity contribution in [1.29, 1.82) is 0 Å². The monoisotopic (exact) mass is 352 g/mol. The first kappa shape index (κ1) is 16.7. The molecule has 6 heteroatoms. The number of hydrogen-bond acceptors (Lipinski definition) is 3. The van der Waals surface area contributed by atoms with E-state index in [1.165, 1.54) is 5.69 Å². The molecule has 0 spiro atoms. The molecule has 3 aromatic rings. The Morgan fingerprint density at radius 1 is 1.27 bits per heavy atom. The molecule has 0 saturated carbocycles. The number of carbonyl (C=O) groups excluding carboxylic acids is 1. The molecule has 1 saturated heterocycles. The molecule has 6 nitrogen and oxygen atoms in total. The number of likely N-dealkylation sites (tertiary alicyclic amines) is 1. The molecule has 1 aliphatic heterocycles. The van der Waals surface area contributed by atoms with Gasteiger partial charge in [0.05, 0.1) is 6.04 Å². The summed E-state index contributed by atoms with van der Waals surface area (Å²) in [4.78, 5) is 15.2. The standard InChI is InChI=1S/C20H24N4O2/c1-14-9-10-19(26-14)15-13-16(22-21-15)20(25)24-12-5-3-4-7-18(24)17-8-6-11-23(17)2/h6,8-11,13,18H,3-5,7,12H2,1-2H3,(H,21,22). The maximum atomic E-state index is 13.2. The van der Waals surface area contributed by atoms with E-state index in [1.807, 2.05) is 43.3 Å². The predicted octanol–water partition coefficient (Wildman–Crippen LogP) is 4.07. The fourth-order valence-electron chi connectivity index (χ4n) is 3.76. The number of nitrogens with zero attached hydrogens (tertiary/aromatic N) is 3. The average Bonchev–Trinajstić information content (AvgIpc) is 3.33. The van der Waals surface area contributed by atoms with Gasteiger partial charge in [-0.15, -0.1) is 0 Å². The summed E-state index contributed by atoms with van der Waals surface area (Å²) in [5, 5.41) is 7.20. The Hall–Kier alpha value is -2.76. The Kier molecular flexibility index (Phi) is 4.41. The summed E-state index contributed by atoms with van der Waals surface area (Å²) >= 11 is 0. The van der Waals surface area contributed by atoms with Gasteiger partial charge in [0, 0.05) is 31.5 Å². The lowest BCUT2D eigenvalue weighted by molar-refractivity contribution is 0.0668. The molecule has 4 rings (SSSR count). The Balaban J connectivity index is 1.62. The summed E-state index contributed by atoms with van der Waals surface area (Å²) < 4.78 is 7.73. The van der Waals surface area contributed by atoms with E-state index >= 15 is 0 Å². The summed E-state index contributed by atoms with van der Waals surface area (Å²) in [6.07, 6.45) is 6.34. The van der Waals surface area contributed by atoms with Crippen molar-refractivity contribution in [3.8, 4) is 11.5 Å². The quantitative estimate of drug-likeness (QED) is 0.772. The summed E-state index contributed by atoms with van der Waals surface area (Å²) in [6.45, 7) is 2.66. The Morgan fingerprint density at radius 3 is 2.88 bits per heavy atom. The largest absolute Gasteiger partial charge is 0.460 e. The van der Waals surface area contributed by atoms with E-state index in [9.17, 15) is 4.79 Å². The van der Waals surface area contributed by atoms with Gasteiger partial charge in [-0.05, 0) is 44.0 Å². The highest BCUT2D eigenvalue weighted by atomic mass is 16.3. The smallest absolute Gasteiger partial charge is 0.274 e. The zero-order chi connectivity index (χ0) is 18.1. The third kappa shape index (κ3) is 3.07. The molecule has 0 aromatic carbocycles. The molecule has 1 fully saturated rings. The van der Waals surface area contributed by atoms with E-state index < -0.39 is 0 Å². The van der Waals surface area contributed by atoms with Crippen LogP contribution in [0.25, 0.3) is 11.5 Å². The fraction of sp³-hybridized carbons (Fsp3) is 0.400. The van der Waals surface area contributed by atoms with Gasteiger partial charge < -0.3 is 13.9 Å². The molecule has 1 unspecified atom stereocenters. The molecule has 1 aliphatic rings. The fourth-order valence-corrected chi connectivity index (χ4v) is 3.76. The van der Waals surface area contributed by atoms with Gasteiger partial charge in [0.2, 0.25) is 0 Å². The summed E-state index contributed by atoms with van der Waals surface area (Å²) in [6, 6.07) is 9.81. The van der Waals surface area contributed by atoms with Gasteiger partial charge in [0.1, 0.15) is 11.5 Å². The number of nitrogens with one attached hydrogen (secondary N) is 1. The highest BCUT2D eigenvalue weighted by Crippen LogP contribution is 2.31. The number of H-pyrrole nitrogens is 1. The van der Waals surface area contributed by atoms with E-state index in [1.54, 1.807) is 6.07 Å². The lowest BCUT2D eigenvalue weighted by atomic mass is 10.1. The predicted molar refractivity (Wildman–Crippen MR) is 98.7 cm³/mol. The van der Waals surface area contributed by atoms with Gasteiger partial charge in [-0.3, -0.25) is 9.89 Å². The van der Waals surface area contributed by atoms with Crippen molar-refractivity contribution in [2.24, 2.45) is 7.05 Å². The number of hydrogen-bond donors (Lipinski definition) is 1. The van der Waals surface area contributed by atoms with Crippen LogP contribution in [0.1, 0.15) is 53.7 Å². The Labute approximate surface area is 152 Å². The van der Waals surface area contributed by atoms with E-state index in [0.717, 1.165) is 43.7 Å². The topological polar surface area (TPSA) is 67.1 Å². The lowest BCUT2D eigenvalue weighted by Gasteiger charge is -2.30. The molecule has 0 radical (unpaired) electrons. The van der Waals surface area contributed by atoms with Crippen LogP contribution in [0.15, 0.2) is 40.9 Å². The molecule has 26 heavy (non-hydrogen) atoms. The SMILES string of the molecule is Cc1ccc(-c2cc(C(=O)N3CCCCCC3c3cccn3C)n[nH]2)o1. The van der Waals surface area contributed by atoms with Crippen LogP contribution in [-0.4, -0.2) is 32.1 Å². The summed E-state index contributed by atoms with van der Waals surface area (Å²) in [5.74, 6) is 1.51. The number of amides is 1. The first-order valence-electron chi connectivity index (χ1n) is 9.18. The van der Waals surface area contributed by atoms with Gasteiger partial charge in [-0.1, -0.05) is 12.8 Å². The van der Waals surface area contributed by atoms with Crippen LogP contribution in [0.3, 0.4) is 0 Å². The third-order valence-corrected chi connectivity index (χ3v) is 5.14. The number of aryl methyl sites for hydroxylation is 2. The first-order valence-corrected chi connectivity index (χ1v) is 9.18. The van der Waals surface area contributed by atoms with Crippen LogP contribution in [-0.2, 0) is 7.05 Å². The van der Waals surface area contributed by atoms with Crippen molar-refractivity contribution in [2.45, 2.75) is 38.6 Å². The number of carbonyl (C=O) groups is 1. The zero-order valence-corrected chi connectivity index (χ0v) is 15.2. The third-order valence-electron chi connectivity index (χ3n) is 5.14. The number of aromatic amines is 1. The van der Waals surface area contributed by atoms with Gasteiger partial charge >= 0.3 is 0 Å². The average molecular weight is 352 g/mol. The Bertz CT molecular complexity index is 904. The molecule has 1 N–H and O–H groups in total. The van der Waals surface area contributed by atoms with Crippen LogP contribution in [0.5, 0.6) is 0 Å². The summed E-state index contributed by atoms with van der Waals surface area (Å²) in [5.41, 5.74) is 2.35. The van der Waals surface area contributed by atoms with Gasteiger partial charge in [-0.2, -0.15) is 5.10 Å². The molecule has 0 aliphatic carbocycles. The number of furan rings is 1. The molecule has 0 bridgehead atoms. The molecule has 4 heterocycles. The maximum Gasteiger partial charge on any atom is 0.274 e. The highest BCUT2D eigenvalue weighted by Gasteiger charge is 2.30. The van der Waals surface area contributed by atoms with Gasteiger partial charge in [0.25, 0.3) is 5.91 Å². The Morgan fingerprint density at radius 2 is 2.15 bits per heavy atom. The second-order valence-corrected chi connectivity index (χ2v) is 6.98. The molecular weight excluding hydrogens is 328 g/mol. The molecule has 3 aromatic heterocycles. The van der Waals surface area contributed by atoms with Crippen LogP contribution in [0, 0.1) is 6.92 Å². The van der Waals surface area contributed by atoms with E-state index in [2.05, 4.69) is 20.8 Å². The maximum absolute atomic E-state index is 13.2. The minimum Gasteiger partial charge on any atom is -0.460 e. The second kappa shape index (κ2) is 6.86. The first-order chi connectivity index (χ1) is 12.6. The van der Waals surface area contributed by atoms with Crippen molar-refractivity contribution in [3.05, 3.63) is 53.7 Å². The summed E-state index contributed by atoms with van der Waals surface area (Å²) in [7, 11) is 2.04. The van der Waals surface area contributed by atoms with E-state index in [0.29, 0.717) is 11.5 Å². The van der Waals surface area contributed by atoms with Crippen molar-refractivity contribution >= 4 is 5.91 Å². The zero-order valence-electron chi connectivity index (χ0n) is 15.2. The van der Waals surface area contributed by atoms with Crippen molar-refractivity contribution in [1.82, 2.24) is 19.7 Å². The highest BCUT2D eigenvalue weighted by molar-refractivity contribution is 5.93. The molecule has 1 atom stereocenters. The lowest BCUT2D eigenvalue weighted by Crippen LogP contribution is -2.35. The van der Waals surface area contributed by atoms with Crippen LogP contribution < -0.4 is 0 Å². The minimum atomic E-state index is -0.0242. The second-order valence-electron chi connectivity index (χ2n) is 6.98. The van der Waals surface area contributed by atoms with Crippen LogP contribution in [0.2, 0.25) is 0 Å². The van der Waals surface area contributed by atoms with Crippen LogP contribution >= 0.6 is 0 Å². The minimum absolute atomic E-state index is 0.0242. The molecular formula is C20H24N4O2. The number of aromatic nitrogens is 3. The van der Waals surface area contributed by atoms with Crippen molar-refractivity contribution < 1.29 is 9.21 Å². The van der Waals surface area contributed by atoms with Crippen LogP contribution in [0.4, 0.5) is 0 Å².